The SMILES string of the molecule is CC/C=C/CC=CCC=CCC=CC[C@@]1(OC)C=CC(=O)O1. The van der Waals surface area contributed by atoms with Gasteiger partial charge in [-0.1, -0.05) is 55.5 Å². The van der Waals surface area contributed by atoms with Crippen molar-refractivity contribution in [2.45, 2.75) is 44.8 Å². The lowest BCUT2D eigenvalue weighted by Gasteiger charge is -2.22. The summed E-state index contributed by atoms with van der Waals surface area (Å²) in [5.41, 5.74) is 0. The van der Waals surface area contributed by atoms with Crippen molar-refractivity contribution in [3.05, 3.63) is 60.8 Å². The third kappa shape index (κ3) is 7.23. The molecule has 0 fully saturated rings. The fourth-order valence-electron chi connectivity index (χ4n) is 1.96. The Morgan fingerprint density at radius 3 is 2.00 bits per heavy atom. The molecule has 0 bridgehead atoms. The highest BCUT2D eigenvalue weighted by Crippen LogP contribution is 2.25. The molecule has 0 aromatic rings. The standard InChI is InChI=1S/C19H26O3/c1-3-4-5-6-7-8-9-10-11-12-13-14-16-19(21-2)17-15-18(20)22-19/h4-5,7-8,10-11,13-15,17H,3,6,9,12,16H2,1-2H3/b5-4+,8-7?,11-10?,14-13?/t19-/m0/s1. The van der Waals surface area contributed by atoms with Gasteiger partial charge in [-0.25, -0.2) is 4.79 Å². The van der Waals surface area contributed by atoms with E-state index >= 15 is 0 Å². The van der Waals surface area contributed by atoms with E-state index in [4.69, 9.17) is 9.47 Å². The molecular weight excluding hydrogens is 276 g/mol. The molecule has 0 saturated carbocycles. The first-order valence-corrected chi connectivity index (χ1v) is 7.80. The van der Waals surface area contributed by atoms with Gasteiger partial charge in [-0.3, -0.25) is 0 Å². The Morgan fingerprint density at radius 2 is 1.55 bits per heavy atom. The first-order valence-electron chi connectivity index (χ1n) is 7.80. The van der Waals surface area contributed by atoms with Crippen molar-refractivity contribution >= 4 is 5.97 Å². The van der Waals surface area contributed by atoms with Crippen molar-refractivity contribution in [3.63, 3.8) is 0 Å². The van der Waals surface area contributed by atoms with E-state index in [1.807, 2.05) is 12.2 Å². The molecule has 0 amide bonds. The number of methoxy groups -OCH3 is 1. The molecule has 0 N–H and O–H groups in total. The van der Waals surface area contributed by atoms with Crippen LogP contribution in [0.1, 0.15) is 39.0 Å². The lowest BCUT2D eigenvalue weighted by Crippen LogP contribution is -2.29. The van der Waals surface area contributed by atoms with Crippen molar-refractivity contribution in [2.24, 2.45) is 0 Å². The van der Waals surface area contributed by atoms with Crippen LogP contribution in [0.3, 0.4) is 0 Å². The molecule has 0 radical (unpaired) electrons. The summed E-state index contributed by atoms with van der Waals surface area (Å²) < 4.78 is 10.4. The normalized spacial score (nSPS) is 22.0. The van der Waals surface area contributed by atoms with E-state index in [2.05, 4.69) is 43.4 Å². The number of esters is 1. The molecule has 0 aromatic carbocycles. The molecule has 22 heavy (non-hydrogen) atoms. The van der Waals surface area contributed by atoms with Crippen molar-refractivity contribution in [1.29, 1.82) is 0 Å². The quantitative estimate of drug-likeness (QED) is 0.436. The van der Waals surface area contributed by atoms with Gasteiger partial charge in [-0.05, 0) is 31.8 Å². The molecule has 0 aromatic heterocycles. The van der Waals surface area contributed by atoms with Gasteiger partial charge in [0.2, 0.25) is 5.79 Å². The van der Waals surface area contributed by atoms with Gasteiger partial charge in [0.05, 0.1) is 0 Å². The van der Waals surface area contributed by atoms with Crippen LogP contribution in [0.2, 0.25) is 0 Å². The van der Waals surface area contributed by atoms with Gasteiger partial charge in [-0.15, -0.1) is 0 Å². The van der Waals surface area contributed by atoms with Crippen LogP contribution in [0.15, 0.2) is 60.8 Å². The molecule has 1 aliphatic heterocycles. The number of carbonyl (C=O) groups excluding carboxylic acids is 1. The van der Waals surface area contributed by atoms with Crippen molar-refractivity contribution in [1.82, 2.24) is 0 Å². The molecule has 0 unspecified atom stereocenters. The molecular formula is C19H26O3. The molecule has 1 rings (SSSR count). The summed E-state index contributed by atoms with van der Waals surface area (Å²) in [5.74, 6) is -1.26. The Morgan fingerprint density at radius 1 is 1.00 bits per heavy atom. The number of hydrogen-bond acceptors (Lipinski definition) is 3. The highest BCUT2D eigenvalue weighted by molar-refractivity contribution is 5.84. The summed E-state index contributed by atoms with van der Waals surface area (Å²) in [6.45, 7) is 2.14. The van der Waals surface area contributed by atoms with Crippen molar-refractivity contribution in [3.8, 4) is 0 Å². The first-order chi connectivity index (χ1) is 10.7. The number of rotatable bonds is 10. The molecule has 1 atom stereocenters. The van der Waals surface area contributed by atoms with E-state index in [0.717, 1.165) is 25.7 Å². The van der Waals surface area contributed by atoms with Crippen molar-refractivity contribution < 1.29 is 14.3 Å². The third-order valence-electron chi connectivity index (χ3n) is 3.21. The first kappa shape index (κ1) is 18.2. The van der Waals surface area contributed by atoms with Crippen LogP contribution >= 0.6 is 0 Å². The second kappa shape index (κ2) is 10.8. The monoisotopic (exact) mass is 302 g/mol. The summed E-state index contributed by atoms with van der Waals surface area (Å²) >= 11 is 0. The highest BCUT2D eigenvalue weighted by atomic mass is 16.7. The number of allylic oxidation sites excluding steroid dienone is 7. The van der Waals surface area contributed by atoms with Crippen LogP contribution in [0.4, 0.5) is 0 Å². The maximum Gasteiger partial charge on any atom is 0.333 e. The van der Waals surface area contributed by atoms with Gasteiger partial charge in [-0.2, -0.15) is 0 Å². The molecule has 0 aliphatic carbocycles. The van der Waals surface area contributed by atoms with E-state index in [9.17, 15) is 4.79 Å². The van der Waals surface area contributed by atoms with Gasteiger partial charge < -0.3 is 9.47 Å². The molecule has 1 heterocycles. The van der Waals surface area contributed by atoms with Crippen LogP contribution in [-0.2, 0) is 14.3 Å². The second-order valence-corrected chi connectivity index (χ2v) is 4.98. The third-order valence-corrected chi connectivity index (χ3v) is 3.21. The van der Waals surface area contributed by atoms with E-state index in [1.165, 1.54) is 6.08 Å². The largest absolute Gasteiger partial charge is 0.426 e. The minimum absolute atomic E-state index is 0.351. The Bertz CT molecular complexity index is 469. The van der Waals surface area contributed by atoms with E-state index in [0.29, 0.717) is 6.42 Å². The molecule has 0 saturated heterocycles. The van der Waals surface area contributed by atoms with Crippen LogP contribution < -0.4 is 0 Å². The molecule has 120 valence electrons. The van der Waals surface area contributed by atoms with Crippen LogP contribution in [-0.4, -0.2) is 18.9 Å². The second-order valence-electron chi connectivity index (χ2n) is 4.98. The fourth-order valence-corrected chi connectivity index (χ4v) is 1.96. The van der Waals surface area contributed by atoms with Gasteiger partial charge in [0.15, 0.2) is 0 Å². The molecule has 0 spiro atoms. The Labute approximate surface area is 133 Å². The zero-order valence-corrected chi connectivity index (χ0v) is 13.5. The van der Waals surface area contributed by atoms with Gasteiger partial charge in [0.25, 0.3) is 0 Å². The van der Waals surface area contributed by atoms with E-state index < -0.39 is 5.79 Å². The number of cyclic esters (lactones) is 1. The summed E-state index contributed by atoms with van der Waals surface area (Å²) in [6, 6.07) is 0. The predicted molar refractivity (Wildman–Crippen MR) is 90.3 cm³/mol. The van der Waals surface area contributed by atoms with E-state index in [1.54, 1.807) is 13.2 Å². The average Bonchev–Trinajstić information content (AvgIpc) is 2.90. The number of ether oxygens (including phenoxy) is 2. The maximum absolute atomic E-state index is 11.1. The Balaban J connectivity index is 2.16. The summed E-state index contributed by atoms with van der Waals surface area (Å²) in [6.07, 6.45) is 24.5. The van der Waals surface area contributed by atoms with E-state index in [-0.39, 0.29) is 5.97 Å². The number of carbonyl (C=O) groups is 1. The van der Waals surface area contributed by atoms with Crippen LogP contribution in [0.25, 0.3) is 0 Å². The Hall–Kier alpha value is -1.87. The predicted octanol–water partition coefficient (Wildman–Crippen LogP) is 4.64. The molecule has 3 heteroatoms. The zero-order valence-electron chi connectivity index (χ0n) is 13.5. The highest BCUT2D eigenvalue weighted by Gasteiger charge is 2.34. The topological polar surface area (TPSA) is 35.5 Å². The minimum Gasteiger partial charge on any atom is -0.426 e. The maximum atomic E-state index is 11.1. The van der Waals surface area contributed by atoms with Gasteiger partial charge >= 0.3 is 5.97 Å². The van der Waals surface area contributed by atoms with Crippen LogP contribution in [0.5, 0.6) is 0 Å². The average molecular weight is 302 g/mol. The lowest BCUT2D eigenvalue weighted by molar-refractivity contribution is -0.186. The zero-order chi connectivity index (χ0) is 16.1. The molecule has 3 nitrogen and oxygen atoms in total. The Kier molecular flexibility index (Phi) is 8.92. The smallest absolute Gasteiger partial charge is 0.333 e. The van der Waals surface area contributed by atoms with Crippen molar-refractivity contribution in [2.75, 3.05) is 7.11 Å². The summed E-state index contributed by atoms with van der Waals surface area (Å²) in [4.78, 5) is 11.1. The lowest BCUT2D eigenvalue weighted by atomic mass is 10.1. The van der Waals surface area contributed by atoms with Crippen LogP contribution in [0, 0.1) is 0 Å². The number of hydrogen-bond donors (Lipinski definition) is 0. The van der Waals surface area contributed by atoms with Gasteiger partial charge in [0.1, 0.15) is 0 Å². The molecule has 1 aliphatic rings. The minimum atomic E-state index is -0.911. The fraction of sp³-hybridized carbons (Fsp3) is 0.421. The summed E-state index contributed by atoms with van der Waals surface area (Å²) in [5, 5.41) is 0. The summed E-state index contributed by atoms with van der Waals surface area (Å²) in [7, 11) is 1.54. The van der Waals surface area contributed by atoms with Gasteiger partial charge in [0, 0.05) is 19.6 Å².